The van der Waals surface area contributed by atoms with Gasteiger partial charge in [0, 0.05) is 49.4 Å². The van der Waals surface area contributed by atoms with Gasteiger partial charge in [-0.2, -0.15) is 5.26 Å². The van der Waals surface area contributed by atoms with E-state index in [1.165, 1.54) is 0 Å². The molecular weight excluding hydrogens is 350 g/mol. The molecule has 7 heteroatoms. The molecule has 0 radical (unpaired) electrons. The van der Waals surface area contributed by atoms with Crippen LogP contribution in [-0.2, 0) is 18.0 Å². The maximum absolute atomic E-state index is 13.1. The second-order valence-corrected chi connectivity index (χ2v) is 7.28. The number of nitriles is 1. The van der Waals surface area contributed by atoms with E-state index in [4.69, 9.17) is 9.47 Å². The highest BCUT2D eigenvalue weighted by molar-refractivity contribution is 7.86. The molecule has 0 aliphatic rings. The fraction of sp³-hybridized carbons (Fsp3) is 0.211. The molecule has 3 rings (SSSR count). The Morgan fingerprint density at radius 1 is 1.12 bits per heavy atom. The third kappa shape index (κ3) is 3.11. The zero-order chi connectivity index (χ0) is 18.8. The van der Waals surface area contributed by atoms with E-state index in [1.54, 1.807) is 56.0 Å². The van der Waals surface area contributed by atoms with Crippen molar-refractivity contribution in [2.24, 2.45) is 7.05 Å². The van der Waals surface area contributed by atoms with E-state index in [0.717, 1.165) is 10.9 Å². The van der Waals surface area contributed by atoms with Crippen LogP contribution in [0.15, 0.2) is 47.5 Å². The van der Waals surface area contributed by atoms with E-state index < -0.39 is 11.0 Å². The number of aryl methyl sites for hydroxylation is 1. The van der Waals surface area contributed by atoms with Crippen LogP contribution in [-0.4, -0.2) is 30.0 Å². The summed E-state index contributed by atoms with van der Waals surface area (Å²) in [5.74, 6) is 1.24. The molecule has 26 heavy (non-hydrogen) atoms. The minimum Gasteiger partial charge on any atom is -0.497 e. The highest BCUT2D eigenvalue weighted by Gasteiger charge is 2.16. The number of nitrogens with zero attached hydrogens (tertiary/aromatic N) is 3. The molecule has 0 N–H and O–H groups in total. The van der Waals surface area contributed by atoms with Gasteiger partial charge in [0.2, 0.25) is 0 Å². The van der Waals surface area contributed by atoms with Crippen LogP contribution >= 0.6 is 0 Å². The molecule has 0 bridgehead atoms. The van der Waals surface area contributed by atoms with Gasteiger partial charge in [-0.3, -0.25) is 4.31 Å². The molecule has 0 fully saturated rings. The molecule has 0 saturated heterocycles. The van der Waals surface area contributed by atoms with E-state index in [0.29, 0.717) is 27.6 Å². The number of hydrogen-bond acceptors (Lipinski definition) is 4. The highest BCUT2D eigenvalue weighted by atomic mass is 32.2. The standard InChI is InChI=1S/C19H19N3O3S/c1-21-12-13(11-20)18-10-17(5-6-19(18)21)26(23)22(2)14-7-15(24-3)9-16(8-14)25-4/h5-10,12H,1-4H3. The molecule has 1 aromatic heterocycles. The molecule has 0 aliphatic heterocycles. The first-order chi connectivity index (χ1) is 12.5. The van der Waals surface area contributed by atoms with Gasteiger partial charge in [-0.25, -0.2) is 4.21 Å². The summed E-state index contributed by atoms with van der Waals surface area (Å²) in [4.78, 5) is 0.615. The first-order valence-electron chi connectivity index (χ1n) is 7.86. The average molecular weight is 369 g/mol. The predicted molar refractivity (Wildman–Crippen MR) is 102 cm³/mol. The van der Waals surface area contributed by atoms with Crippen LogP contribution in [0.5, 0.6) is 11.5 Å². The van der Waals surface area contributed by atoms with Crippen molar-refractivity contribution in [2.45, 2.75) is 4.90 Å². The normalized spacial score (nSPS) is 11.8. The average Bonchev–Trinajstić information content (AvgIpc) is 3.01. The Bertz CT molecular complexity index is 1010. The van der Waals surface area contributed by atoms with Crippen molar-refractivity contribution in [2.75, 3.05) is 25.6 Å². The zero-order valence-electron chi connectivity index (χ0n) is 15.0. The zero-order valence-corrected chi connectivity index (χ0v) is 15.8. The van der Waals surface area contributed by atoms with Crippen LogP contribution < -0.4 is 13.8 Å². The quantitative estimate of drug-likeness (QED) is 0.692. The van der Waals surface area contributed by atoms with Crippen molar-refractivity contribution in [3.8, 4) is 17.6 Å². The number of fused-ring (bicyclic) bond motifs is 1. The van der Waals surface area contributed by atoms with Crippen molar-refractivity contribution < 1.29 is 13.7 Å². The van der Waals surface area contributed by atoms with Crippen LogP contribution in [0.1, 0.15) is 5.56 Å². The molecule has 1 heterocycles. The molecule has 0 saturated carbocycles. The lowest BCUT2D eigenvalue weighted by atomic mass is 10.2. The van der Waals surface area contributed by atoms with Gasteiger partial charge in [0.05, 0.1) is 30.4 Å². The first kappa shape index (κ1) is 17.8. The summed E-state index contributed by atoms with van der Waals surface area (Å²) in [5, 5.41) is 10.1. The summed E-state index contributed by atoms with van der Waals surface area (Å²) in [6, 6.07) is 13.0. The Hall–Kier alpha value is -2.98. The molecule has 134 valence electrons. The van der Waals surface area contributed by atoms with Gasteiger partial charge in [0.15, 0.2) is 11.0 Å². The summed E-state index contributed by atoms with van der Waals surface area (Å²) in [6.07, 6.45) is 1.77. The minimum atomic E-state index is -1.45. The Kier molecular flexibility index (Phi) is 4.87. The van der Waals surface area contributed by atoms with Crippen LogP contribution in [0, 0.1) is 11.3 Å². The van der Waals surface area contributed by atoms with Crippen molar-refractivity contribution in [3.63, 3.8) is 0 Å². The monoisotopic (exact) mass is 369 g/mol. The lowest BCUT2D eigenvalue weighted by Crippen LogP contribution is -2.20. The lowest BCUT2D eigenvalue weighted by Gasteiger charge is -2.20. The predicted octanol–water partition coefficient (Wildman–Crippen LogP) is 3.23. The number of hydrogen-bond donors (Lipinski definition) is 0. The number of ether oxygens (including phenoxy) is 2. The summed E-state index contributed by atoms with van der Waals surface area (Å²) in [5.41, 5.74) is 2.19. The maximum Gasteiger partial charge on any atom is 0.152 e. The van der Waals surface area contributed by atoms with E-state index in [-0.39, 0.29) is 0 Å². The van der Waals surface area contributed by atoms with Gasteiger partial charge in [0.25, 0.3) is 0 Å². The Morgan fingerprint density at radius 2 is 1.77 bits per heavy atom. The number of methoxy groups -OCH3 is 2. The molecule has 0 spiro atoms. The maximum atomic E-state index is 13.1. The number of aromatic nitrogens is 1. The largest absolute Gasteiger partial charge is 0.497 e. The summed E-state index contributed by atoms with van der Waals surface area (Å²) >= 11 is 0. The fourth-order valence-corrected chi connectivity index (χ4v) is 3.81. The molecule has 2 aromatic carbocycles. The van der Waals surface area contributed by atoms with E-state index in [2.05, 4.69) is 6.07 Å². The van der Waals surface area contributed by atoms with Crippen LogP contribution in [0.25, 0.3) is 10.9 Å². The second-order valence-electron chi connectivity index (χ2n) is 5.76. The first-order valence-corrected chi connectivity index (χ1v) is 8.97. The Balaban J connectivity index is 2.01. The van der Waals surface area contributed by atoms with E-state index >= 15 is 0 Å². The number of anilines is 1. The number of rotatable bonds is 5. The topological polar surface area (TPSA) is 67.5 Å². The Morgan fingerprint density at radius 3 is 2.35 bits per heavy atom. The van der Waals surface area contributed by atoms with E-state index in [1.807, 2.05) is 23.7 Å². The van der Waals surface area contributed by atoms with Gasteiger partial charge in [-0.05, 0) is 18.2 Å². The van der Waals surface area contributed by atoms with Crippen molar-refractivity contribution >= 4 is 27.6 Å². The van der Waals surface area contributed by atoms with Gasteiger partial charge in [-0.15, -0.1) is 0 Å². The molecule has 0 aliphatic carbocycles. The fourth-order valence-electron chi connectivity index (χ4n) is 2.80. The molecular formula is C19H19N3O3S. The number of benzene rings is 2. The van der Waals surface area contributed by atoms with Crippen LogP contribution in [0.2, 0.25) is 0 Å². The van der Waals surface area contributed by atoms with Crippen LogP contribution in [0.3, 0.4) is 0 Å². The van der Waals surface area contributed by atoms with Crippen molar-refractivity contribution in [1.82, 2.24) is 4.57 Å². The molecule has 6 nitrogen and oxygen atoms in total. The molecule has 1 unspecified atom stereocenters. The third-order valence-corrected chi connectivity index (χ3v) is 5.60. The van der Waals surface area contributed by atoms with Crippen molar-refractivity contribution in [3.05, 3.63) is 48.2 Å². The molecule has 3 aromatic rings. The summed E-state index contributed by atoms with van der Waals surface area (Å²) in [7, 11) is 5.31. The molecule has 1 atom stereocenters. The third-order valence-electron chi connectivity index (χ3n) is 4.23. The molecule has 0 amide bonds. The van der Waals surface area contributed by atoms with Gasteiger partial charge in [-0.1, -0.05) is 0 Å². The van der Waals surface area contributed by atoms with Crippen LogP contribution in [0.4, 0.5) is 5.69 Å². The highest BCUT2D eigenvalue weighted by Crippen LogP contribution is 2.30. The van der Waals surface area contributed by atoms with Gasteiger partial charge >= 0.3 is 0 Å². The SMILES string of the molecule is COc1cc(OC)cc(N(C)S(=O)c2ccc3c(c2)c(C#N)cn3C)c1. The smallest absolute Gasteiger partial charge is 0.152 e. The summed E-state index contributed by atoms with van der Waals surface area (Å²) < 4.78 is 27.1. The van der Waals surface area contributed by atoms with Gasteiger partial charge in [0.1, 0.15) is 17.6 Å². The minimum absolute atomic E-state index is 0.562. The van der Waals surface area contributed by atoms with Gasteiger partial charge < -0.3 is 14.0 Å². The van der Waals surface area contributed by atoms with Crippen molar-refractivity contribution in [1.29, 1.82) is 5.26 Å². The van der Waals surface area contributed by atoms with E-state index in [9.17, 15) is 9.47 Å². The summed E-state index contributed by atoms with van der Waals surface area (Å²) in [6.45, 7) is 0. The second kappa shape index (κ2) is 7.10. The Labute approximate surface area is 154 Å². The lowest BCUT2D eigenvalue weighted by molar-refractivity contribution is 0.394.